The van der Waals surface area contributed by atoms with Crippen LogP contribution in [0.25, 0.3) is 28.5 Å². The van der Waals surface area contributed by atoms with E-state index in [-0.39, 0.29) is 11.3 Å². The summed E-state index contributed by atoms with van der Waals surface area (Å²) >= 11 is 0. The third-order valence-electron chi connectivity index (χ3n) is 7.19. The number of ether oxygens (including phenoxy) is 1. The second-order valence-electron chi connectivity index (χ2n) is 9.90. The molecule has 0 bridgehead atoms. The highest BCUT2D eigenvalue weighted by Crippen LogP contribution is 2.34. The van der Waals surface area contributed by atoms with Crippen molar-refractivity contribution < 1.29 is 9.53 Å². The average molecular weight is 526 g/mol. The van der Waals surface area contributed by atoms with E-state index in [1.54, 1.807) is 11.7 Å². The fourth-order valence-electron chi connectivity index (χ4n) is 5.13. The Hall–Kier alpha value is -4.20. The molecule has 2 aromatic heterocycles. The van der Waals surface area contributed by atoms with Crippen LogP contribution in [0.5, 0.6) is 5.75 Å². The van der Waals surface area contributed by atoms with Crippen LogP contribution in [-0.4, -0.2) is 45.2 Å². The monoisotopic (exact) mass is 525 g/mol. The fraction of sp³-hybridized carbons (Fsp3) is 0.355. The maximum absolute atomic E-state index is 13.1. The molecule has 4 aromatic rings. The van der Waals surface area contributed by atoms with Crippen LogP contribution < -0.4 is 15.2 Å². The lowest BCUT2D eigenvalue weighted by Crippen LogP contribution is -2.35. The molecule has 1 saturated heterocycles. The summed E-state index contributed by atoms with van der Waals surface area (Å²) in [6.07, 6.45) is 5.07. The minimum atomic E-state index is -0.233. The number of nitrogens with zero attached hydrogens (tertiary/aromatic N) is 4. The molecule has 0 unspecified atom stereocenters. The first-order valence-electron chi connectivity index (χ1n) is 13.7. The first kappa shape index (κ1) is 26.4. The number of fused-ring (bicyclic) bond motifs is 1. The summed E-state index contributed by atoms with van der Waals surface area (Å²) in [4.78, 5) is 35.9. The molecule has 39 heavy (non-hydrogen) atoms. The van der Waals surface area contributed by atoms with Gasteiger partial charge in [-0.15, -0.1) is 0 Å². The summed E-state index contributed by atoms with van der Waals surface area (Å²) in [5.41, 5.74) is 6.40. The fourth-order valence-corrected chi connectivity index (χ4v) is 5.13. The maximum atomic E-state index is 13.1. The number of carbonyl (C=O) groups excluding carboxylic acids is 1. The molecule has 3 heterocycles. The molecule has 202 valence electrons. The van der Waals surface area contributed by atoms with E-state index in [9.17, 15) is 9.59 Å². The van der Waals surface area contributed by atoms with E-state index in [1.807, 2.05) is 31.2 Å². The largest absolute Gasteiger partial charge is 0.493 e. The molecule has 1 aliphatic rings. The number of anilines is 1. The molecule has 2 aromatic carbocycles. The number of nitrogens with one attached hydrogen (secondary N) is 1. The zero-order valence-electron chi connectivity index (χ0n) is 23.1. The molecular formula is C31H35N5O3. The van der Waals surface area contributed by atoms with Crippen molar-refractivity contribution in [1.29, 1.82) is 0 Å². The molecule has 1 N–H and O–H groups in total. The van der Waals surface area contributed by atoms with Gasteiger partial charge in [0.25, 0.3) is 5.56 Å². The predicted molar refractivity (Wildman–Crippen MR) is 155 cm³/mol. The Bertz CT molecular complexity index is 1600. The molecule has 0 radical (unpaired) electrons. The van der Waals surface area contributed by atoms with E-state index >= 15 is 0 Å². The van der Waals surface area contributed by atoms with Crippen molar-refractivity contribution in [2.75, 3.05) is 24.6 Å². The van der Waals surface area contributed by atoms with Gasteiger partial charge < -0.3 is 14.6 Å². The van der Waals surface area contributed by atoms with Gasteiger partial charge in [-0.1, -0.05) is 44.5 Å². The standard InChI is InChI=1S/C31H35N5O3/c1-5-8-25-28-29(35(4)34-25)31(38)33-30(32-28)24-18-23(13-14-27(24)39-7-3)36-16-15-26(37)22(19-36)17-21-11-9-20(6-2)10-12-21/h9-14,17-18H,5-8,15-16,19H2,1-4H3,(H,32,33,38)/b22-17+. The Balaban J connectivity index is 1.53. The Morgan fingerprint density at radius 3 is 2.59 bits per heavy atom. The maximum Gasteiger partial charge on any atom is 0.277 e. The number of hydrogen-bond acceptors (Lipinski definition) is 6. The molecule has 8 nitrogen and oxygen atoms in total. The van der Waals surface area contributed by atoms with Crippen molar-refractivity contribution in [1.82, 2.24) is 19.7 Å². The van der Waals surface area contributed by atoms with E-state index in [0.29, 0.717) is 54.3 Å². The number of benzene rings is 2. The van der Waals surface area contributed by atoms with Crippen molar-refractivity contribution in [2.24, 2.45) is 7.05 Å². The number of carbonyl (C=O) groups is 1. The lowest BCUT2D eigenvalue weighted by molar-refractivity contribution is -0.115. The average Bonchev–Trinajstić information content (AvgIpc) is 3.26. The summed E-state index contributed by atoms with van der Waals surface area (Å²) in [7, 11) is 1.77. The number of H-pyrrole nitrogens is 1. The zero-order valence-corrected chi connectivity index (χ0v) is 23.1. The van der Waals surface area contributed by atoms with Gasteiger partial charge in [0.15, 0.2) is 11.3 Å². The molecule has 0 saturated carbocycles. The zero-order chi connectivity index (χ0) is 27.5. The molecule has 1 aliphatic heterocycles. The highest BCUT2D eigenvalue weighted by Gasteiger charge is 2.24. The quantitative estimate of drug-likeness (QED) is 0.322. The molecule has 8 heteroatoms. The molecule has 0 atom stereocenters. The van der Waals surface area contributed by atoms with E-state index < -0.39 is 0 Å². The third-order valence-corrected chi connectivity index (χ3v) is 7.19. The summed E-state index contributed by atoms with van der Waals surface area (Å²) in [6, 6.07) is 14.3. The summed E-state index contributed by atoms with van der Waals surface area (Å²) in [5.74, 6) is 1.26. The number of aryl methyl sites for hydroxylation is 3. The number of piperidine rings is 1. The number of hydrogen-bond donors (Lipinski definition) is 1. The third kappa shape index (κ3) is 5.37. The van der Waals surface area contributed by atoms with Crippen LogP contribution in [0.1, 0.15) is 50.4 Å². The van der Waals surface area contributed by atoms with Gasteiger partial charge in [0.1, 0.15) is 17.1 Å². The predicted octanol–water partition coefficient (Wildman–Crippen LogP) is 5.10. The van der Waals surface area contributed by atoms with Crippen molar-refractivity contribution >= 4 is 28.6 Å². The summed E-state index contributed by atoms with van der Waals surface area (Å²) in [6.45, 7) is 7.74. The minimum absolute atomic E-state index is 0.174. The van der Waals surface area contributed by atoms with E-state index in [2.05, 4.69) is 53.1 Å². The lowest BCUT2D eigenvalue weighted by atomic mass is 9.98. The Kier molecular flexibility index (Phi) is 7.63. The molecule has 0 aliphatic carbocycles. The highest BCUT2D eigenvalue weighted by molar-refractivity contribution is 6.02. The Labute approximate surface area is 228 Å². The lowest BCUT2D eigenvalue weighted by Gasteiger charge is -2.30. The SMILES string of the molecule is CCCc1nn(C)c2c(=O)[nH]c(-c3cc(N4CCC(=O)/C(=C/c5ccc(CC)cc5)C4)ccc3OCC)nc12. The van der Waals surface area contributed by atoms with Crippen LogP contribution in [-0.2, 0) is 24.7 Å². The number of aromatic nitrogens is 4. The van der Waals surface area contributed by atoms with Crippen molar-refractivity contribution in [3.8, 4) is 17.1 Å². The van der Waals surface area contributed by atoms with Crippen LogP contribution in [0.2, 0.25) is 0 Å². The molecule has 0 spiro atoms. The normalized spacial score (nSPS) is 14.9. The van der Waals surface area contributed by atoms with Gasteiger partial charge in [-0.2, -0.15) is 5.10 Å². The van der Waals surface area contributed by atoms with Gasteiger partial charge >= 0.3 is 0 Å². The van der Waals surface area contributed by atoms with Gasteiger partial charge in [0, 0.05) is 37.8 Å². The van der Waals surface area contributed by atoms with E-state index in [0.717, 1.165) is 41.8 Å². The summed E-state index contributed by atoms with van der Waals surface area (Å²) in [5, 5.41) is 4.54. The van der Waals surface area contributed by atoms with E-state index in [1.165, 1.54) is 5.56 Å². The number of aromatic amines is 1. The van der Waals surface area contributed by atoms with Gasteiger partial charge in [0.05, 0.1) is 17.9 Å². The first-order chi connectivity index (χ1) is 18.9. The second kappa shape index (κ2) is 11.3. The van der Waals surface area contributed by atoms with Crippen LogP contribution >= 0.6 is 0 Å². The molecule has 5 rings (SSSR count). The minimum Gasteiger partial charge on any atom is -0.493 e. The number of rotatable bonds is 8. The molecule has 1 fully saturated rings. The van der Waals surface area contributed by atoms with Crippen molar-refractivity contribution in [2.45, 2.75) is 46.5 Å². The second-order valence-corrected chi connectivity index (χ2v) is 9.90. The Morgan fingerprint density at radius 1 is 1.08 bits per heavy atom. The first-order valence-corrected chi connectivity index (χ1v) is 13.7. The molecular weight excluding hydrogens is 490 g/mol. The van der Waals surface area contributed by atoms with Crippen molar-refractivity contribution in [3.63, 3.8) is 0 Å². The van der Waals surface area contributed by atoms with Crippen LogP contribution in [0.3, 0.4) is 0 Å². The van der Waals surface area contributed by atoms with Gasteiger partial charge in [-0.25, -0.2) is 4.98 Å². The van der Waals surface area contributed by atoms with Gasteiger partial charge in [-0.05, 0) is 55.2 Å². The highest BCUT2D eigenvalue weighted by atomic mass is 16.5. The van der Waals surface area contributed by atoms with Gasteiger partial charge in [-0.3, -0.25) is 14.3 Å². The number of ketones is 1. The van der Waals surface area contributed by atoms with Crippen LogP contribution in [0.4, 0.5) is 5.69 Å². The topological polar surface area (TPSA) is 93.1 Å². The van der Waals surface area contributed by atoms with Gasteiger partial charge in [0.2, 0.25) is 0 Å². The smallest absolute Gasteiger partial charge is 0.277 e. The van der Waals surface area contributed by atoms with Crippen LogP contribution in [0.15, 0.2) is 52.8 Å². The Morgan fingerprint density at radius 2 is 1.87 bits per heavy atom. The summed E-state index contributed by atoms with van der Waals surface area (Å²) < 4.78 is 7.54. The number of Topliss-reactive ketones (excluding diaryl/α,β-unsaturated/α-hetero) is 1. The van der Waals surface area contributed by atoms with Crippen molar-refractivity contribution in [3.05, 3.63) is 75.2 Å². The molecule has 0 amide bonds. The van der Waals surface area contributed by atoms with E-state index in [4.69, 9.17) is 9.72 Å². The van der Waals surface area contributed by atoms with Crippen LogP contribution in [0, 0.1) is 0 Å².